The summed E-state index contributed by atoms with van der Waals surface area (Å²) in [4.78, 5) is 53.2. The molecule has 32 heavy (non-hydrogen) atoms. The molecule has 11 heteroatoms. The van der Waals surface area contributed by atoms with E-state index >= 15 is 0 Å². The molecule has 0 fully saturated rings. The van der Waals surface area contributed by atoms with Crippen molar-refractivity contribution >= 4 is 52.9 Å². The smallest absolute Gasteiger partial charge is 0.412 e. The van der Waals surface area contributed by atoms with Gasteiger partial charge in [-0.05, 0) is 32.4 Å². The van der Waals surface area contributed by atoms with Crippen LogP contribution >= 0.6 is 23.2 Å². The summed E-state index contributed by atoms with van der Waals surface area (Å²) in [5, 5.41) is 0.302. The fraction of sp³-hybridized carbons (Fsp3) is 0.381. The second kappa shape index (κ2) is 10.6. The number of aliphatic imine (C=N–C) groups is 1. The molecule has 1 aromatic rings. The Labute approximate surface area is 194 Å². The number of carbonyl (C=O) groups is 4. The molecule has 0 radical (unpaired) electrons. The van der Waals surface area contributed by atoms with Crippen molar-refractivity contribution in [3.8, 4) is 0 Å². The molecule has 1 aromatic carbocycles. The first-order chi connectivity index (χ1) is 15.0. The Morgan fingerprint density at radius 1 is 1.19 bits per heavy atom. The van der Waals surface area contributed by atoms with Gasteiger partial charge in [-0.2, -0.15) is 0 Å². The second-order valence-electron chi connectivity index (χ2n) is 7.16. The summed E-state index contributed by atoms with van der Waals surface area (Å²) in [6, 6.07) is 4.74. The Balaban J connectivity index is 2.79. The number of primary amides is 1. The van der Waals surface area contributed by atoms with Gasteiger partial charge in [0, 0.05) is 11.6 Å². The van der Waals surface area contributed by atoms with Crippen LogP contribution in [0.25, 0.3) is 0 Å². The van der Waals surface area contributed by atoms with Crippen LogP contribution < -0.4 is 5.73 Å². The number of halogens is 2. The van der Waals surface area contributed by atoms with E-state index in [1.807, 2.05) is 0 Å². The van der Waals surface area contributed by atoms with E-state index in [2.05, 4.69) is 9.73 Å². The number of ether oxygens (including phenoxy) is 3. The summed E-state index contributed by atoms with van der Waals surface area (Å²) >= 11 is 12.6. The lowest BCUT2D eigenvalue weighted by atomic mass is 9.75. The number of methoxy groups -OCH3 is 1. The number of amides is 1. The molecular formula is C21H22Cl2N2O7. The van der Waals surface area contributed by atoms with Crippen molar-refractivity contribution in [2.75, 3.05) is 7.11 Å². The Morgan fingerprint density at radius 3 is 2.41 bits per heavy atom. The van der Waals surface area contributed by atoms with Crippen molar-refractivity contribution in [2.24, 2.45) is 16.6 Å². The molecule has 0 spiro atoms. The third kappa shape index (κ3) is 5.66. The average molecular weight is 485 g/mol. The fourth-order valence-electron chi connectivity index (χ4n) is 3.40. The predicted octanol–water partition coefficient (Wildman–Crippen LogP) is 3.56. The number of nitrogens with zero attached hydrogens (tertiary/aromatic N) is 1. The molecule has 2 N–H and O–H groups in total. The van der Waals surface area contributed by atoms with E-state index in [1.54, 1.807) is 32.0 Å². The predicted molar refractivity (Wildman–Crippen MR) is 116 cm³/mol. The van der Waals surface area contributed by atoms with E-state index < -0.39 is 48.4 Å². The Morgan fingerprint density at radius 2 is 1.84 bits per heavy atom. The van der Waals surface area contributed by atoms with Gasteiger partial charge in [0.1, 0.15) is 5.92 Å². The maximum Gasteiger partial charge on any atom is 0.412 e. The normalized spacial score (nSPS) is 18.2. The SMILES string of the molecule is COC(=O)C1C(C)=NC(CC(=O)OC(N)=O)=C(C(=O)OC(C)C)C1c1cccc(Cl)c1Cl. The van der Waals surface area contributed by atoms with Crippen LogP contribution in [0.15, 0.2) is 34.5 Å². The zero-order valence-electron chi connectivity index (χ0n) is 17.8. The largest absolute Gasteiger partial charge is 0.468 e. The molecule has 1 aliphatic heterocycles. The van der Waals surface area contributed by atoms with Crippen LogP contribution in [0.5, 0.6) is 0 Å². The summed E-state index contributed by atoms with van der Waals surface area (Å²) in [6.45, 7) is 4.81. The third-order valence-electron chi connectivity index (χ3n) is 4.58. The van der Waals surface area contributed by atoms with Crippen molar-refractivity contribution in [1.29, 1.82) is 0 Å². The molecule has 1 aliphatic rings. The standard InChI is InChI=1S/C21H22Cl2N2O7/c1-9(2)31-20(28)17-13(8-14(26)32-21(24)29)25-10(3)15(19(27)30-4)16(17)11-6-5-7-12(22)18(11)23/h5-7,9,15-16H,8H2,1-4H3,(H2,24,29). The van der Waals surface area contributed by atoms with Gasteiger partial charge < -0.3 is 19.9 Å². The molecule has 0 saturated carbocycles. The van der Waals surface area contributed by atoms with Crippen LogP contribution in [-0.2, 0) is 28.6 Å². The first kappa shape index (κ1) is 25.4. The average Bonchev–Trinajstić information content (AvgIpc) is 2.67. The molecule has 9 nitrogen and oxygen atoms in total. The Hall–Kier alpha value is -2.91. The molecule has 0 aromatic heterocycles. The number of benzene rings is 1. The molecule has 2 rings (SSSR count). The molecule has 1 amide bonds. The molecular weight excluding hydrogens is 463 g/mol. The van der Waals surface area contributed by atoms with Gasteiger partial charge >= 0.3 is 24.0 Å². The van der Waals surface area contributed by atoms with Gasteiger partial charge in [0.2, 0.25) is 0 Å². The first-order valence-electron chi connectivity index (χ1n) is 9.48. The van der Waals surface area contributed by atoms with Gasteiger partial charge in [-0.3, -0.25) is 14.6 Å². The summed E-state index contributed by atoms with van der Waals surface area (Å²) in [5.41, 5.74) is 5.33. The Bertz CT molecular complexity index is 1020. The van der Waals surface area contributed by atoms with E-state index in [9.17, 15) is 19.2 Å². The van der Waals surface area contributed by atoms with Crippen LogP contribution in [-0.4, -0.2) is 42.9 Å². The van der Waals surface area contributed by atoms with Gasteiger partial charge in [0.25, 0.3) is 0 Å². The monoisotopic (exact) mass is 484 g/mol. The van der Waals surface area contributed by atoms with Crippen LogP contribution in [0.4, 0.5) is 4.79 Å². The summed E-state index contributed by atoms with van der Waals surface area (Å²) in [5.74, 6) is -4.63. The molecule has 2 unspecified atom stereocenters. The van der Waals surface area contributed by atoms with E-state index in [0.717, 1.165) is 0 Å². The zero-order valence-corrected chi connectivity index (χ0v) is 19.3. The van der Waals surface area contributed by atoms with Crippen molar-refractivity contribution in [1.82, 2.24) is 0 Å². The van der Waals surface area contributed by atoms with Crippen LogP contribution in [0.1, 0.15) is 38.7 Å². The maximum absolute atomic E-state index is 13.1. The maximum atomic E-state index is 13.1. The second-order valence-corrected chi connectivity index (χ2v) is 7.94. The lowest BCUT2D eigenvalue weighted by Gasteiger charge is -2.32. The molecule has 1 heterocycles. The fourth-order valence-corrected chi connectivity index (χ4v) is 3.83. The van der Waals surface area contributed by atoms with Gasteiger partial charge in [-0.15, -0.1) is 0 Å². The number of rotatable bonds is 6. The number of nitrogens with two attached hydrogens (primary N) is 1. The topological polar surface area (TPSA) is 134 Å². The summed E-state index contributed by atoms with van der Waals surface area (Å²) < 4.78 is 14.7. The molecule has 2 atom stereocenters. The van der Waals surface area contributed by atoms with Crippen LogP contribution in [0.2, 0.25) is 10.0 Å². The lowest BCUT2D eigenvalue weighted by Crippen LogP contribution is -2.37. The number of hydrogen-bond acceptors (Lipinski definition) is 8. The van der Waals surface area contributed by atoms with Gasteiger partial charge in [-0.1, -0.05) is 35.3 Å². The molecule has 0 saturated heterocycles. The highest BCUT2D eigenvalue weighted by Crippen LogP contribution is 2.44. The van der Waals surface area contributed by atoms with Crippen molar-refractivity contribution < 1.29 is 33.4 Å². The highest BCUT2D eigenvalue weighted by atomic mass is 35.5. The highest BCUT2D eigenvalue weighted by molar-refractivity contribution is 6.42. The molecule has 0 aliphatic carbocycles. The number of esters is 3. The quantitative estimate of drug-likeness (QED) is 0.370. The molecule has 172 valence electrons. The van der Waals surface area contributed by atoms with Gasteiger partial charge in [0.15, 0.2) is 0 Å². The Kier molecular flexibility index (Phi) is 8.40. The van der Waals surface area contributed by atoms with Crippen molar-refractivity contribution in [2.45, 2.75) is 39.2 Å². The highest BCUT2D eigenvalue weighted by Gasteiger charge is 2.44. The number of carbonyl (C=O) groups excluding carboxylic acids is 4. The van der Waals surface area contributed by atoms with E-state index in [0.29, 0.717) is 5.56 Å². The van der Waals surface area contributed by atoms with E-state index in [1.165, 1.54) is 14.0 Å². The third-order valence-corrected chi connectivity index (χ3v) is 5.41. The first-order valence-corrected chi connectivity index (χ1v) is 10.2. The minimum Gasteiger partial charge on any atom is -0.468 e. The van der Waals surface area contributed by atoms with Gasteiger partial charge in [-0.25, -0.2) is 9.59 Å². The van der Waals surface area contributed by atoms with E-state index in [4.69, 9.17) is 38.4 Å². The van der Waals surface area contributed by atoms with E-state index in [-0.39, 0.29) is 27.0 Å². The summed E-state index contributed by atoms with van der Waals surface area (Å²) in [6.07, 6.45) is -2.40. The van der Waals surface area contributed by atoms with Crippen LogP contribution in [0, 0.1) is 5.92 Å². The van der Waals surface area contributed by atoms with Crippen molar-refractivity contribution in [3.05, 3.63) is 45.1 Å². The lowest BCUT2D eigenvalue weighted by molar-refractivity contribution is -0.145. The minimum atomic E-state index is -1.31. The minimum absolute atomic E-state index is 0.0550. The molecule has 0 bridgehead atoms. The van der Waals surface area contributed by atoms with Crippen LogP contribution in [0.3, 0.4) is 0 Å². The summed E-state index contributed by atoms with van der Waals surface area (Å²) in [7, 11) is 1.20. The zero-order chi connectivity index (χ0) is 24.2. The number of hydrogen-bond donors (Lipinski definition) is 1. The van der Waals surface area contributed by atoms with Gasteiger partial charge in [0.05, 0.1) is 40.9 Å². The van der Waals surface area contributed by atoms with Crippen molar-refractivity contribution in [3.63, 3.8) is 0 Å².